The molecule has 3 heterocycles. The van der Waals surface area contributed by atoms with Crippen LogP contribution in [0.15, 0.2) is 48.5 Å². The number of fused-ring (bicyclic) bond motifs is 1. The number of rotatable bonds is 5. The molecule has 0 bridgehead atoms. The number of nitrogens with zero attached hydrogens (tertiary/aromatic N) is 4. The van der Waals surface area contributed by atoms with Crippen LogP contribution >= 0.6 is 11.3 Å². The molecule has 0 aliphatic carbocycles. The standard InChI is InChI=1S/C24H24FN5O2S/c1-15-21-22(30(28-15)18-9-5-8-17(25)13-18)27-24(33-21)29-12-6-7-16(14-29)23(31)26-19-10-3-4-11-20(19)32-2/h3-5,8-11,13,16H,6-7,12,14H2,1-2H3,(H,26,31)/t16-/m0/s1. The van der Waals surface area contributed by atoms with Gasteiger partial charge in [-0.1, -0.05) is 29.5 Å². The number of benzene rings is 2. The summed E-state index contributed by atoms with van der Waals surface area (Å²) in [5.41, 5.74) is 2.87. The first-order valence-electron chi connectivity index (χ1n) is 10.8. The van der Waals surface area contributed by atoms with Gasteiger partial charge in [0.15, 0.2) is 10.8 Å². The molecule has 1 N–H and O–H groups in total. The fourth-order valence-electron chi connectivity index (χ4n) is 4.19. The first-order chi connectivity index (χ1) is 16.0. The molecule has 1 aliphatic heterocycles. The smallest absolute Gasteiger partial charge is 0.229 e. The van der Waals surface area contributed by atoms with E-state index in [1.807, 2.05) is 37.3 Å². The zero-order chi connectivity index (χ0) is 22.9. The molecule has 1 fully saturated rings. The molecule has 0 radical (unpaired) electrons. The number of amides is 1. The van der Waals surface area contributed by atoms with Crippen molar-refractivity contribution in [3.05, 3.63) is 60.0 Å². The lowest BCUT2D eigenvalue weighted by atomic mass is 9.97. The number of methoxy groups -OCH3 is 1. The van der Waals surface area contributed by atoms with Gasteiger partial charge in [0.25, 0.3) is 0 Å². The number of hydrogen-bond donors (Lipinski definition) is 1. The molecule has 2 aromatic carbocycles. The number of thiazole rings is 1. The van der Waals surface area contributed by atoms with Crippen LogP contribution in [0.4, 0.5) is 15.2 Å². The van der Waals surface area contributed by atoms with Gasteiger partial charge in [-0.15, -0.1) is 0 Å². The summed E-state index contributed by atoms with van der Waals surface area (Å²) in [7, 11) is 1.59. The van der Waals surface area contributed by atoms with Crippen molar-refractivity contribution in [3.63, 3.8) is 0 Å². The molecule has 1 aliphatic rings. The van der Waals surface area contributed by atoms with E-state index in [4.69, 9.17) is 9.72 Å². The molecule has 4 aromatic rings. The largest absolute Gasteiger partial charge is 0.495 e. The molecule has 1 atom stereocenters. The summed E-state index contributed by atoms with van der Waals surface area (Å²) in [5, 5.41) is 8.42. The summed E-state index contributed by atoms with van der Waals surface area (Å²) in [6, 6.07) is 13.7. The summed E-state index contributed by atoms with van der Waals surface area (Å²) in [6.07, 6.45) is 1.72. The van der Waals surface area contributed by atoms with Gasteiger partial charge in [0, 0.05) is 13.1 Å². The molecule has 1 saturated heterocycles. The quantitative estimate of drug-likeness (QED) is 0.459. The fraction of sp³-hybridized carbons (Fsp3) is 0.292. The van der Waals surface area contributed by atoms with Crippen LogP contribution in [0.2, 0.25) is 0 Å². The van der Waals surface area contributed by atoms with E-state index in [1.54, 1.807) is 29.2 Å². The molecule has 0 unspecified atom stereocenters. The molecule has 33 heavy (non-hydrogen) atoms. The summed E-state index contributed by atoms with van der Waals surface area (Å²) in [4.78, 5) is 20.0. The lowest BCUT2D eigenvalue weighted by Crippen LogP contribution is -2.40. The van der Waals surface area contributed by atoms with Crippen LogP contribution in [0.3, 0.4) is 0 Å². The van der Waals surface area contributed by atoms with Crippen LogP contribution in [0.25, 0.3) is 16.0 Å². The molecule has 170 valence electrons. The highest BCUT2D eigenvalue weighted by Gasteiger charge is 2.29. The predicted octanol–water partition coefficient (Wildman–Crippen LogP) is 4.79. The van der Waals surface area contributed by atoms with Crippen LogP contribution in [0, 0.1) is 18.7 Å². The van der Waals surface area contributed by atoms with Crippen molar-refractivity contribution in [1.82, 2.24) is 14.8 Å². The zero-order valence-electron chi connectivity index (χ0n) is 18.4. The van der Waals surface area contributed by atoms with Gasteiger partial charge < -0.3 is 15.0 Å². The van der Waals surface area contributed by atoms with Gasteiger partial charge in [0.2, 0.25) is 5.91 Å². The van der Waals surface area contributed by atoms with Crippen LogP contribution < -0.4 is 15.0 Å². The predicted molar refractivity (Wildman–Crippen MR) is 128 cm³/mol. The lowest BCUT2D eigenvalue weighted by molar-refractivity contribution is -0.120. The molecule has 0 spiro atoms. The Kier molecular flexibility index (Phi) is 5.72. The van der Waals surface area contributed by atoms with Crippen molar-refractivity contribution in [3.8, 4) is 11.4 Å². The first kappa shape index (κ1) is 21.4. The van der Waals surface area contributed by atoms with Crippen molar-refractivity contribution >= 4 is 38.4 Å². The average Bonchev–Trinajstić information content (AvgIpc) is 3.40. The second-order valence-electron chi connectivity index (χ2n) is 8.10. The monoisotopic (exact) mass is 465 g/mol. The van der Waals surface area contributed by atoms with E-state index in [2.05, 4.69) is 15.3 Å². The Bertz CT molecular complexity index is 1320. The van der Waals surface area contributed by atoms with E-state index in [0.29, 0.717) is 29.3 Å². The number of anilines is 2. The highest BCUT2D eigenvalue weighted by atomic mass is 32.1. The number of ether oxygens (including phenoxy) is 1. The number of nitrogens with one attached hydrogen (secondary N) is 1. The van der Waals surface area contributed by atoms with Crippen molar-refractivity contribution in [2.75, 3.05) is 30.4 Å². The Morgan fingerprint density at radius 1 is 1.24 bits per heavy atom. The Balaban J connectivity index is 1.38. The van der Waals surface area contributed by atoms with Gasteiger partial charge in [0.05, 0.1) is 34.8 Å². The Morgan fingerprint density at radius 2 is 2.09 bits per heavy atom. The molecule has 2 aromatic heterocycles. The highest BCUT2D eigenvalue weighted by molar-refractivity contribution is 7.22. The van der Waals surface area contributed by atoms with E-state index in [1.165, 1.54) is 12.1 Å². The van der Waals surface area contributed by atoms with E-state index in [9.17, 15) is 9.18 Å². The van der Waals surface area contributed by atoms with Gasteiger partial charge in [-0.05, 0) is 50.1 Å². The van der Waals surface area contributed by atoms with Gasteiger partial charge >= 0.3 is 0 Å². The van der Waals surface area contributed by atoms with Gasteiger partial charge in [-0.3, -0.25) is 4.79 Å². The average molecular weight is 466 g/mol. The minimum atomic E-state index is -0.316. The maximum atomic E-state index is 13.8. The van der Waals surface area contributed by atoms with Crippen LogP contribution in [-0.4, -0.2) is 40.9 Å². The number of aryl methyl sites for hydroxylation is 1. The van der Waals surface area contributed by atoms with Crippen molar-refractivity contribution in [2.24, 2.45) is 5.92 Å². The third-order valence-electron chi connectivity index (χ3n) is 5.86. The fourth-order valence-corrected chi connectivity index (χ4v) is 5.22. The Hall–Kier alpha value is -3.46. The second-order valence-corrected chi connectivity index (χ2v) is 9.08. The lowest BCUT2D eigenvalue weighted by Gasteiger charge is -2.31. The summed E-state index contributed by atoms with van der Waals surface area (Å²) in [5.74, 6) is 0.148. The van der Waals surface area contributed by atoms with Gasteiger partial charge in [0.1, 0.15) is 11.6 Å². The maximum Gasteiger partial charge on any atom is 0.229 e. The third kappa shape index (κ3) is 4.16. The number of piperidine rings is 1. The number of halogens is 1. The molecule has 9 heteroatoms. The molecular weight excluding hydrogens is 441 g/mol. The number of hydrogen-bond acceptors (Lipinski definition) is 6. The minimum Gasteiger partial charge on any atom is -0.495 e. The third-order valence-corrected chi connectivity index (χ3v) is 7.07. The summed E-state index contributed by atoms with van der Waals surface area (Å²) in [6.45, 7) is 3.35. The van der Waals surface area contributed by atoms with E-state index in [0.717, 1.165) is 34.9 Å². The number of para-hydroxylation sites is 2. The van der Waals surface area contributed by atoms with Crippen LogP contribution in [0.5, 0.6) is 5.75 Å². The molecule has 5 rings (SSSR count). The topological polar surface area (TPSA) is 72.3 Å². The van der Waals surface area contributed by atoms with Crippen LogP contribution in [-0.2, 0) is 4.79 Å². The highest BCUT2D eigenvalue weighted by Crippen LogP contribution is 2.35. The SMILES string of the molecule is COc1ccccc1NC(=O)[C@H]1CCCN(c2nc3c(s2)c(C)nn3-c2cccc(F)c2)C1. The molecule has 0 saturated carbocycles. The number of carbonyl (C=O) groups is 1. The first-order valence-corrected chi connectivity index (χ1v) is 11.7. The van der Waals surface area contributed by atoms with Crippen LogP contribution in [0.1, 0.15) is 18.5 Å². The summed E-state index contributed by atoms with van der Waals surface area (Å²) < 4.78 is 21.8. The normalized spacial score (nSPS) is 16.2. The second kappa shape index (κ2) is 8.82. The minimum absolute atomic E-state index is 0.0209. The number of carbonyl (C=O) groups excluding carboxylic acids is 1. The van der Waals surface area contributed by atoms with E-state index in [-0.39, 0.29) is 17.6 Å². The number of aromatic nitrogens is 3. The van der Waals surface area contributed by atoms with Crippen molar-refractivity contribution < 1.29 is 13.9 Å². The summed E-state index contributed by atoms with van der Waals surface area (Å²) >= 11 is 1.56. The molecule has 1 amide bonds. The zero-order valence-corrected chi connectivity index (χ0v) is 19.2. The van der Waals surface area contributed by atoms with E-state index < -0.39 is 0 Å². The Morgan fingerprint density at radius 3 is 2.91 bits per heavy atom. The van der Waals surface area contributed by atoms with Crippen molar-refractivity contribution in [2.45, 2.75) is 19.8 Å². The van der Waals surface area contributed by atoms with Gasteiger partial charge in [-0.25, -0.2) is 9.07 Å². The molecule has 7 nitrogen and oxygen atoms in total. The van der Waals surface area contributed by atoms with Gasteiger partial charge in [-0.2, -0.15) is 10.1 Å². The van der Waals surface area contributed by atoms with E-state index >= 15 is 0 Å². The molecular formula is C24H24FN5O2S. The Labute approximate surface area is 194 Å². The van der Waals surface area contributed by atoms with Crippen molar-refractivity contribution in [1.29, 1.82) is 0 Å². The maximum absolute atomic E-state index is 13.8.